The summed E-state index contributed by atoms with van der Waals surface area (Å²) in [5.74, 6) is -0.0616. The summed E-state index contributed by atoms with van der Waals surface area (Å²) in [5.41, 5.74) is 6.29. The molecule has 0 spiro atoms. The molecule has 0 radical (unpaired) electrons. The average molecular weight is 196 g/mol. The minimum Gasteiger partial charge on any atom is -0.358 e. The third-order valence-corrected chi connectivity index (χ3v) is 1.97. The molecule has 1 rings (SSSR count). The van der Waals surface area contributed by atoms with Gasteiger partial charge in [-0.2, -0.15) is 0 Å². The molecule has 3 N–H and O–H groups in total. The molecule has 0 atom stereocenters. The summed E-state index contributed by atoms with van der Waals surface area (Å²) >= 11 is 0. The maximum Gasteiger partial charge on any atom is 0.239 e. The van der Waals surface area contributed by atoms with Gasteiger partial charge in [0.1, 0.15) is 6.54 Å². The van der Waals surface area contributed by atoms with E-state index in [4.69, 9.17) is 5.73 Å². The normalized spacial score (nSPS) is 11.4. The number of rotatable bonds is 3. The van der Waals surface area contributed by atoms with Crippen LogP contribution in [-0.2, 0) is 16.9 Å². The highest BCUT2D eigenvalue weighted by atomic mass is 16.1. The van der Waals surface area contributed by atoms with Crippen LogP contribution in [0.2, 0.25) is 0 Å². The maximum absolute atomic E-state index is 11.2. The number of likely N-dealkylation sites (N-methyl/N-ethyl adjacent to an activating group) is 1. The van der Waals surface area contributed by atoms with Gasteiger partial charge in [-0.1, -0.05) is 0 Å². The Bertz CT molecular complexity index is 324. The van der Waals surface area contributed by atoms with Crippen molar-refractivity contribution in [3.8, 4) is 0 Å². The van der Waals surface area contributed by atoms with Crippen LogP contribution in [0.3, 0.4) is 0 Å². The standard InChI is InChI=1S/C9H16N4O/c1-9(2,10)7-4-12-6-13(7)5-8(14)11-3/h4,6H,5,10H2,1-3H3,(H,11,14). The monoisotopic (exact) mass is 196 g/mol. The highest BCUT2D eigenvalue weighted by Gasteiger charge is 2.19. The number of nitrogens with one attached hydrogen (secondary N) is 1. The van der Waals surface area contributed by atoms with Crippen molar-refractivity contribution in [3.05, 3.63) is 18.2 Å². The molecule has 1 aromatic heterocycles. The molecule has 0 fully saturated rings. The highest BCUT2D eigenvalue weighted by molar-refractivity contribution is 5.75. The number of imidazole rings is 1. The largest absolute Gasteiger partial charge is 0.358 e. The summed E-state index contributed by atoms with van der Waals surface area (Å²) in [4.78, 5) is 15.1. The van der Waals surface area contributed by atoms with E-state index >= 15 is 0 Å². The van der Waals surface area contributed by atoms with Gasteiger partial charge in [0.25, 0.3) is 0 Å². The Balaban J connectivity index is 2.88. The van der Waals surface area contributed by atoms with Crippen molar-refractivity contribution in [3.63, 3.8) is 0 Å². The van der Waals surface area contributed by atoms with Gasteiger partial charge in [-0.3, -0.25) is 4.79 Å². The molecule has 0 aliphatic heterocycles. The molecule has 78 valence electrons. The Hall–Kier alpha value is -1.36. The van der Waals surface area contributed by atoms with E-state index in [0.717, 1.165) is 5.69 Å². The second kappa shape index (κ2) is 3.79. The predicted molar refractivity (Wildman–Crippen MR) is 53.5 cm³/mol. The number of hydrogen-bond donors (Lipinski definition) is 2. The lowest BCUT2D eigenvalue weighted by atomic mass is 10.0. The quantitative estimate of drug-likeness (QED) is 0.704. The van der Waals surface area contributed by atoms with Crippen LogP contribution in [0.5, 0.6) is 0 Å². The van der Waals surface area contributed by atoms with Crippen LogP contribution in [0, 0.1) is 0 Å². The highest BCUT2D eigenvalue weighted by Crippen LogP contribution is 2.15. The fourth-order valence-electron chi connectivity index (χ4n) is 1.22. The van der Waals surface area contributed by atoms with E-state index in [1.807, 2.05) is 13.8 Å². The van der Waals surface area contributed by atoms with Crippen molar-refractivity contribution in [2.24, 2.45) is 5.73 Å². The maximum atomic E-state index is 11.2. The number of carbonyl (C=O) groups is 1. The van der Waals surface area contributed by atoms with Crippen LogP contribution >= 0.6 is 0 Å². The first-order chi connectivity index (χ1) is 6.45. The van der Waals surface area contributed by atoms with Gasteiger partial charge in [-0.05, 0) is 13.8 Å². The number of carbonyl (C=O) groups excluding carboxylic acids is 1. The van der Waals surface area contributed by atoms with Gasteiger partial charge in [0, 0.05) is 13.2 Å². The summed E-state index contributed by atoms with van der Waals surface area (Å²) in [6, 6.07) is 0. The lowest BCUT2D eigenvalue weighted by Gasteiger charge is -2.20. The summed E-state index contributed by atoms with van der Waals surface area (Å²) in [6.07, 6.45) is 3.29. The second-order valence-electron chi connectivity index (χ2n) is 3.80. The first kappa shape index (κ1) is 10.7. The zero-order valence-electron chi connectivity index (χ0n) is 8.74. The minimum atomic E-state index is -0.482. The van der Waals surface area contributed by atoms with E-state index in [-0.39, 0.29) is 12.5 Å². The van der Waals surface area contributed by atoms with Gasteiger partial charge in [0.15, 0.2) is 0 Å². The summed E-state index contributed by atoms with van der Waals surface area (Å²) in [7, 11) is 1.60. The smallest absolute Gasteiger partial charge is 0.239 e. The van der Waals surface area contributed by atoms with Gasteiger partial charge in [0.2, 0.25) is 5.91 Å². The SMILES string of the molecule is CNC(=O)Cn1cncc1C(C)(C)N. The van der Waals surface area contributed by atoms with Gasteiger partial charge >= 0.3 is 0 Å². The van der Waals surface area contributed by atoms with Crippen molar-refractivity contribution in [1.82, 2.24) is 14.9 Å². The third-order valence-electron chi connectivity index (χ3n) is 1.97. The zero-order chi connectivity index (χ0) is 10.8. The summed E-state index contributed by atoms with van der Waals surface area (Å²) in [5, 5.41) is 2.55. The molecule has 0 saturated carbocycles. The molecular weight excluding hydrogens is 180 g/mol. The summed E-state index contributed by atoms with van der Waals surface area (Å²) < 4.78 is 1.75. The topological polar surface area (TPSA) is 72.9 Å². The fraction of sp³-hybridized carbons (Fsp3) is 0.556. The van der Waals surface area contributed by atoms with Crippen LogP contribution in [0.25, 0.3) is 0 Å². The number of nitrogens with two attached hydrogens (primary N) is 1. The van der Waals surface area contributed by atoms with E-state index in [0.29, 0.717) is 0 Å². The average Bonchev–Trinajstić information content (AvgIpc) is 2.51. The Morgan fingerprint density at radius 1 is 1.71 bits per heavy atom. The van der Waals surface area contributed by atoms with Crippen LogP contribution in [0.4, 0.5) is 0 Å². The van der Waals surface area contributed by atoms with Crippen LogP contribution < -0.4 is 11.1 Å². The molecule has 0 bridgehead atoms. The van der Waals surface area contributed by atoms with Crippen LogP contribution in [0.1, 0.15) is 19.5 Å². The third kappa shape index (κ3) is 2.32. The summed E-state index contributed by atoms with van der Waals surface area (Å²) in [6.45, 7) is 4.02. The van der Waals surface area contributed by atoms with E-state index in [1.54, 1.807) is 24.1 Å². The first-order valence-electron chi connectivity index (χ1n) is 4.45. The molecule has 1 amide bonds. The number of aromatic nitrogens is 2. The van der Waals surface area contributed by atoms with Crippen molar-refractivity contribution < 1.29 is 4.79 Å². The lowest BCUT2D eigenvalue weighted by Crippen LogP contribution is -2.33. The van der Waals surface area contributed by atoms with Gasteiger partial charge in [0.05, 0.1) is 17.6 Å². The van der Waals surface area contributed by atoms with Crippen molar-refractivity contribution in [2.75, 3.05) is 7.05 Å². The van der Waals surface area contributed by atoms with Crippen LogP contribution in [0.15, 0.2) is 12.5 Å². The molecule has 0 aliphatic rings. The molecule has 1 heterocycles. The first-order valence-corrected chi connectivity index (χ1v) is 4.45. The number of amides is 1. The molecule has 1 aromatic rings. The molecule has 14 heavy (non-hydrogen) atoms. The van der Waals surface area contributed by atoms with Crippen molar-refractivity contribution in [2.45, 2.75) is 25.9 Å². The Kier molecular flexibility index (Phi) is 2.90. The Morgan fingerprint density at radius 2 is 2.36 bits per heavy atom. The van der Waals surface area contributed by atoms with E-state index in [9.17, 15) is 4.79 Å². The molecule has 0 saturated heterocycles. The lowest BCUT2D eigenvalue weighted by molar-refractivity contribution is -0.121. The molecule has 0 unspecified atom stereocenters. The van der Waals surface area contributed by atoms with Gasteiger partial charge in [-0.15, -0.1) is 0 Å². The van der Waals surface area contributed by atoms with Crippen LogP contribution in [-0.4, -0.2) is 22.5 Å². The number of nitrogens with zero attached hydrogens (tertiary/aromatic N) is 2. The van der Waals surface area contributed by atoms with Gasteiger partial charge < -0.3 is 15.6 Å². The Labute approximate surface area is 83.3 Å². The zero-order valence-corrected chi connectivity index (χ0v) is 8.74. The minimum absolute atomic E-state index is 0.0616. The van der Waals surface area contributed by atoms with E-state index in [1.165, 1.54) is 0 Å². The van der Waals surface area contributed by atoms with Crippen molar-refractivity contribution in [1.29, 1.82) is 0 Å². The molecular formula is C9H16N4O. The predicted octanol–water partition coefficient (Wildman–Crippen LogP) is -0.177. The van der Waals surface area contributed by atoms with E-state index < -0.39 is 5.54 Å². The molecule has 5 nitrogen and oxygen atoms in total. The molecule has 0 aliphatic carbocycles. The Morgan fingerprint density at radius 3 is 2.86 bits per heavy atom. The second-order valence-corrected chi connectivity index (χ2v) is 3.80. The van der Waals surface area contributed by atoms with Crippen molar-refractivity contribution >= 4 is 5.91 Å². The van der Waals surface area contributed by atoms with Gasteiger partial charge in [-0.25, -0.2) is 4.98 Å². The number of hydrogen-bond acceptors (Lipinski definition) is 3. The molecule has 5 heteroatoms. The fourth-order valence-corrected chi connectivity index (χ4v) is 1.22. The molecule has 0 aromatic carbocycles. The van der Waals surface area contributed by atoms with E-state index in [2.05, 4.69) is 10.3 Å².